The molecular formula is C18H18O4. The Labute approximate surface area is 129 Å². The van der Waals surface area contributed by atoms with Crippen LogP contribution in [-0.2, 0) is 0 Å². The Morgan fingerprint density at radius 1 is 1.14 bits per heavy atom. The number of benzene rings is 2. The van der Waals surface area contributed by atoms with Crippen molar-refractivity contribution in [3.8, 4) is 17.2 Å². The van der Waals surface area contributed by atoms with Gasteiger partial charge in [0.15, 0.2) is 17.3 Å². The first-order chi connectivity index (χ1) is 10.6. The van der Waals surface area contributed by atoms with E-state index in [-0.39, 0.29) is 11.5 Å². The smallest absolute Gasteiger partial charge is 0.185 e. The quantitative estimate of drug-likeness (QED) is 0.652. The first-order valence-electron chi connectivity index (χ1n) is 6.96. The van der Waals surface area contributed by atoms with Crippen LogP contribution in [0.25, 0.3) is 6.08 Å². The lowest BCUT2D eigenvalue weighted by Gasteiger charge is -2.09. The van der Waals surface area contributed by atoms with Crippen molar-refractivity contribution in [3.63, 3.8) is 0 Å². The molecule has 0 radical (unpaired) electrons. The highest BCUT2D eigenvalue weighted by molar-refractivity contribution is 6.06. The van der Waals surface area contributed by atoms with Gasteiger partial charge in [0.05, 0.1) is 13.7 Å². The van der Waals surface area contributed by atoms with E-state index < -0.39 is 0 Å². The average Bonchev–Trinajstić information content (AvgIpc) is 2.54. The number of carbonyl (C=O) groups excluding carboxylic acids is 1. The molecule has 0 bridgehead atoms. The van der Waals surface area contributed by atoms with E-state index in [4.69, 9.17) is 9.47 Å². The molecule has 0 aliphatic carbocycles. The Hall–Kier alpha value is -2.75. The number of hydrogen-bond acceptors (Lipinski definition) is 4. The van der Waals surface area contributed by atoms with E-state index in [2.05, 4.69) is 0 Å². The largest absolute Gasteiger partial charge is 0.508 e. The third kappa shape index (κ3) is 3.88. The summed E-state index contributed by atoms with van der Waals surface area (Å²) in [6.45, 7) is 2.47. The normalized spacial score (nSPS) is 10.6. The lowest BCUT2D eigenvalue weighted by Crippen LogP contribution is -1.96. The zero-order valence-electron chi connectivity index (χ0n) is 12.6. The Kier molecular flexibility index (Phi) is 5.20. The number of ether oxygens (including phenoxy) is 2. The fourth-order valence-corrected chi connectivity index (χ4v) is 1.96. The summed E-state index contributed by atoms with van der Waals surface area (Å²) >= 11 is 0. The summed E-state index contributed by atoms with van der Waals surface area (Å²) in [4.78, 5) is 12.0. The molecule has 0 aliphatic heterocycles. The van der Waals surface area contributed by atoms with Gasteiger partial charge in [-0.25, -0.2) is 0 Å². The summed E-state index contributed by atoms with van der Waals surface area (Å²) in [5.74, 6) is 1.30. The molecule has 1 N–H and O–H groups in total. The number of carbonyl (C=O) groups is 1. The van der Waals surface area contributed by atoms with Crippen LogP contribution in [0.2, 0.25) is 0 Å². The van der Waals surface area contributed by atoms with Crippen LogP contribution in [0.3, 0.4) is 0 Å². The Morgan fingerprint density at radius 2 is 1.86 bits per heavy atom. The zero-order valence-corrected chi connectivity index (χ0v) is 12.6. The molecule has 0 atom stereocenters. The van der Waals surface area contributed by atoms with E-state index in [0.29, 0.717) is 23.7 Å². The number of methoxy groups -OCH3 is 1. The van der Waals surface area contributed by atoms with E-state index in [1.807, 2.05) is 25.1 Å². The molecule has 0 spiro atoms. The lowest BCUT2D eigenvalue weighted by atomic mass is 10.1. The molecular weight excluding hydrogens is 280 g/mol. The fraction of sp³-hybridized carbons (Fsp3) is 0.167. The zero-order chi connectivity index (χ0) is 15.9. The number of aromatic hydroxyl groups is 1. The van der Waals surface area contributed by atoms with Crippen LogP contribution < -0.4 is 9.47 Å². The Balaban J connectivity index is 2.15. The molecule has 4 heteroatoms. The summed E-state index contributed by atoms with van der Waals surface area (Å²) in [5.41, 5.74) is 1.36. The lowest BCUT2D eigenvalue weighted by molar-refractivity contribution is 0.104. The van der Waals surface area contributed by atoms with Gasteiger partial charge in [0.1, 0.15) is 5.75 Å². The molecule has 0 saturated heterocycles. The van der Waals surface area contributed by atoms with Crippen LogP contribution in [0.15, 0.2) is 48.5 Å². The molecule has 22 heavy (non-hydrogen) atoms. The summed E-state index contributed by atoms with van der Waals surface area (Å²) in [7, 11) is 1.58. The van der Waals surface area contributed by atoms with Crippen molar-refractivity contribution in [2.24, 2.45) is 0 Å². The van der Waals surface area contributed by atoms with Gasteiger partial charge >= 0.3 is 0 Å². The summed E-state index contributed by atoms with van der Waals surface area (Å²) in [5, 5.41) is 9.22. The van der Waals surface area contributed by atoms with E-state index in [1.165, 1.54) is 18.2 Å². The van der Waals surface area contributed by atoms with Gasteiger partial charge < -0.3 is 14.6 Å². The second-order valence-electron chi connectivity index (χ2n) is 4.59. The van der Waals surface area contributed by atoms with E-state index in [1.54, 1.807) is 25.3 Å². The minimum Gasteiger partial charge on any atom is -0.508 e. The molecule has 4 nitrogen and oxygen atoms in total. The highest BCUT2D eigenvalue weighted by atomic mass is 16.5. The van der Waals surface area contributed by atoms with Crippen LogP contribution >= 0.6 is 0 Å². The van der Waals surface area contributed by atoms with E-state index in [0.717, 1.165) is 5.56 Å². The first kappa shape index (κ1) is 15.6. The molecule has 0 unspecified atom stereocenters. The van der Waals surface area contributed by atoms with Crippen LogP contribution in [-0.4, -0.2) is 24.6 Å². The summed E-state index contributed by atoms with van der Waals surface area (Å²) < 4.78 is 10.7. The van der Waals surface area contributed by atoms with Crippen molar-refractivity contribution in [2.75, 3.05) is 13.7 Å². The van der Waals surface area contributed by atoms with Crippen LogP contribution in [0, 0.1) is 0 Å². The molecule has 0 saturated carbocycles. The average molecular weight is 298 g/mol. The minimum atomic E-state index is -0.132. The maximum absolute atomic E-state index is 12.0. The van der Waals surface area contributed by atoms with Crippen LogP contribution in [0.4, 0.5) is 0 Å². The van der Waals surface area contributed by atoms with Crippen molar-refractivity contribution in [1.82, 2.24) is 0 Å². The predicted octanol–water partition coefficient (Wildman–Crippen LogP) is 3.70. The van der Waals surface area contributed by atoms with Crippen molar-refractivity contribution in [2.45, 2.75) is 6.92 Å². The third-order valence-electron chi connectivity index (χ3n) is 3.07. The maximum atomic E-state index is 12.0. The number of phenolic OH excluding ortho intramolecular Hbond substituents is 1. The number of rotatable bonds is 6. The van der Waals surface area contributed by atoms with Gasteiger partial charge in [0.2, 0.25) is 0 Å². The van der Waals surface area contributed by atoms with Crippen LogP contribution in [0.1, 0.15) is 22.8 Å². The number of ketones is 1. The fourth-order valence-electron chi connectivity index (χ4n) is 1.96. The topological polar surface area (TPSA) is 55.8 Å². The van der Waals surface area contributed by atoms with Gasteiger partial charge in [-0.15, -0.1) is 0 Å². The Morgan fingerprint density at radius 3 is 2.50 bits per heavy atom. The number of hydrogen-bond donors (Lipinski definition) is 1. The first-order valence-corrected chi connectivity index (χ1v) is 6.96. The molecule has 2 aromatic carbocycles. The van der Waals surface area contributed by atoms with Gasteiger partial charge in [0.25, 0.3) is 0 Å². The molecule has 0 amide bonds. The molecule has 0 aliphatic rings. The molecule has 0 heterocycles. The van der Waals surface area contributed by atoms with Gasteiger partial charge in [-0.05, 0) is 55.0 Å². The molecule has 114 valence electrons. The molecule has 0 aromatic heterocycles. The van der Waals surface area contributed by atoms with Gasteiger partial charge in [-0.1, -0.05) is 12.1 Å². The monoisotopic (exact) mass is 298 g/mol. The van der Waals surface area contributed by atoms with E-state index in [9.17, 15) is 9.90 Å². The van der Waals surface area contributed by atoms with E-state index >= 15 is 0 Å². The van der Waals surface area contributed by atoms with Gasteiger partial charge in [0, 0.05) is 5.56 Å². The third-order valence-corrected chi connectivity index (χ3v) is 3.07. The number of allylic oxidation sites excluding steroid dienone is 1. The highest BCUT2D eigenvalue weighted by Gasteiger charge is 2.05. The predicted molar refractivity (Wildman–Crippen MR) is 85.6 cm³/mol. The maximum Gasteiger partial charge on any atom is 0.185 e. The standard InChI is InChI=1S/C18H18O4/c1-3-22-17-11-5-13(12-18(17)21-2)4-10-16(20)14-6-8-15(19)9-7-14/h4-12,19H,3H2,1-2H3/b10-4+. The summed E-state index contributed by atoms with van der Waals surface area (Å²) in [6, 6.07) is 11.6. The van der Waals surface area contributed by atoms with Crippen molar-refractivity contribution in [3.05, 3.63) is 59.7 Å². The second kappa shape index (κ2) is 7.31. The SMILES string of the molecule is CCOc1ccc(/C=C/C(=O)c2ccc(O)cc2)cc1OC. The van der Waals surface area contributed by atoms with Crippen molar-refractivity contribution < 1.29 is 19.4 Å². The second-order valence-corrected chi connectivity index (χ2v) is 4.59. The van der Waals surface area contributed by atoms with Gasteiger partial charge in [-0.3, -0.25) is 4.79 Å². The van der Waals surface area contributed by atoms with Crippen LogP contribution in [0.5, 0.6) is 17.2 Å². The van der Waals surface area contributed by atoms with Crippen molar-refractivity contribution >= 4 is 11.9 Å². The number of phenols is 1. The molecule has 0 fully saturated rings. The highest BCUT2D eigenvalue weighted by Crippen LogP contribution is 2.28. The summed E-state index contributed by atoms with van der Waals surface area (Å²) in [6.07, 6.45) is 3.20. The van der Waals surface area contributed by atoms with Crippen molar-refractivity contribution in [1.29, 1.82) is 0 Å². The minimum absolute atomic E-state index is 0.132. The van der Waals surface area contributed by atoms with Gasteiger partial charge in [-0.2, -0.15) is 0 Å². The molecule has 2 rings (SSSR count). The molecule has 2 aromatic rings. The Bertz CT molecular complexity index is 672.